The quantitative estimate of drug-likeness (QED) is 0.893. The van der Waals surface area contributed by atoms with Crippen LogP contribution in [0.25, 0.3) is 0 Å². The van der Waals surface area contributed by atoms with E-state index in [0.29, 0.717) is 0 Å². The van der Waals surface area contributed by atoms with Gasteiger partial charge in [0.05, 0.1) is 0 Å². The monoisotopic (exact) mass is 267 g/mol. The summed E-state index contributed by atoms with van der Waals surface area (Å²) in [7, 11) is 0. The fourth-order valence-electron chi connectivity index (χ4n) is 2.54. The van der Waals surface area contributed by atoms with Crippen molar-refractivity contribution in [2.45, 2.75) is 38.0 Å². The molecule has 0 unspecified atom stereocenters. The van der Waals surface area contributed by atoms with Gasteiger partial charge in [-0.15, -0.1) is 0 Å². The zero-order chi connectivity index (χ0) is 10.9. The highest BCUT2D eigenvalue weighted by Gasteiger charge is 2.38. The minimum atomic E-state index is 0.287. The Kier molecular flexibility index (Phi) is 3.17. The molecule has 1 aliphatic rings. The third-order valence-electron chi connectivity index (χ3n) is 3.73. The maximum atomic E-state index is 5.96. The minimum Gasteiger partial charge on any atom is -0.330 e. The maximum absolute atomic E-state index is 5.96. The van der Waals surface area contributed by atoms with Crippen LogP contribution in [0.2, 0.25) is 0 Å². The van der Waals surface area contributed by atoms with Crippen LogP contribution < -0.4 is 5.73 Å². The normalized spacial score (nSPS) is 18.6. The largest absolute Gasteiger partial charge is 0.330 e. The predicted molar refractivity (Wildman–Crippen MR) is 68.1 cm³/mol. The first-order chi connectivity index (χ1) is 7.22. The predicted octanol–water partition coefficient (Wildman–Crippen LogP) is 3.39. The number of nitrogens with two attached hydrogens (primary N) is 1. The van der Waals surface area contributed by atoms with Crippen LogP contribution in [0.3, 0.4) is 0 Å². The summed E-state index contributed by atoms with van der Waals surface area (Å²) in [6, 6.07) is 6.63. The van der Waals surface area contributed by atoms with Gasteiger partial charge in [0.1, 0.15) is 0 Å². The molecule has 0 atom stereocenters. The Hall–Kier alpha value is -0.340. The van der Waals surface area contributed by atoms with Crippen molar-refractivity contribution >= 4 is 15.9 Å². The highest BCUT2D eigenvalue weighted by atomic mass is 79.9. The molecule has 1 nitrogen and oxygen atoms in total. The van der Waals surface area contributed by atoms with E-state index in [1.54, 1.807) is 0 Å². The molecular weight excluding hydrogens is 250 g/mol. The molecular formula is C13H18BrN. The summed E-state index contributed by atoms with van der Waals surface area (Å²) in [4.78, 5) is 0. The lowest BCUT2D eigenvalue weighted by molar-refractivity contribution is 0.251. The molecule has 82 valence electrons. The van der Waals surface area contributed by atoms with Crippen molar-refractivity contribution in [1.29, 1.82) is 0 Å². The molecule has 2 heteroatoms. The van der Waals surface area contributed by atoms with Gasteiger partial charge >= 0.3 is 0 Å². The van der Waals surface area contributed by atoms with E-state index in [4.69, 9.17) is 5.73 Å². The van der Waals surface area contributed by atoms with Crippen molar-refractivity contribution < 1.29 is 0 Å². The van der Waals surface area contributed by atoms with Crippen LogP contribution in [0.15, 0.2) is 22.7 Å². The molecule has 1 aromatic carbocycles. The standard InChI is InChI=1S/C13H18BrN/c1-2-10-4-5-11(14)8-12(10)13(9-15)6-3-7-13/h4-5,8H,2-3,6-7,9,15H2,1H3. The SMILES string of the molecule is CCc1ccc(Br)cc1C1(CN)CCC1. The average molecular weight is 268 g/mol. The first-order valence-electron chi connectivity index (χ1n) is 5.71. The van der Waals surface area contributed by atoms with Gasteiger partial charge in [0.15, 0.2) is 0 Å². The lowest BCUT2D eigenvalue weighted by Crippen LogP contribution is -2.42. The van der Waals surface area contributed by atoms with E-state index in [-0.39, 0.29) is 5.41 Å². The van der Waals surface area contributed by atoms with Gasteiger partial charge in [-0.2, -0.15) is 0 Å². The lowest BCUT2D eigenvalue weighted by Gasteiger charge is -2.42. The van der Waals surface area contributed by atoms with Crippen LogP contribution in [0.1, 0.15) is 37.3 Å². The molecule has 0 saturated heterocycles. The van der Waals surface area contributed by atoms with Gasteiger partial charge in [-0.05, 0) is 42.5 Å². The first-order valence-corrected chi connectivity index (χ1v) is 6.50. The number of halogens is 1. The summed E-state index contributed by atoms with van der Waals surface area (Å²) in [5.41, 5.74) is 9.19. The molecule has 0 heterocycles. The number of hydrogen-bond acceptors (Lipinski definition) is 1. The Balaban J connectivity index is 2.44. The summed E-state index contributed by atoms with van der Waals surface area (Å²) in [6.07, 6.45) is 4.94. The van der Waals surface area contributed by atoms with Crippen LogP contribution in [0, 0.1) is 0 Å². The van der Waals surface area contributed by atoms with Gasteiger partial charge in [0.25, 0.3) is 0 Å². The molecule has 0 aliphatic heterocycles. The van der Waals surface area contributed by atoms with Crippen molar-refractivity contribution in [3.8, 4) is 0 Å². The lowest BCUT2D eigenvalue weighted by atomic mass is 9.63. The molecule has 2 N–H and O–H groups in total. The van der Waals surface area contributed by atoms with Crippen molar-refractivity contribution in [3.05, 3.63) is 33.8 Å². The van der Waals surface area contributed by atoms with E-state index in [0.717, 1.165) is 13.0 Å². The van der Waals surface area contributed by atoms with Crippen LogP contribution in [-0.4, -0.2) is 6.54 Å². The van der Waals surface area contributed by atoms with Gasteiger partial charge in [0.2, 0.25) is 0 Å². The molecule has 1 aromatic rings. The Morgan fingerprint density at radius 1 is 1.40 bits per heavy atom. The topological polar surface area (TPSA) is 26.0 Å². The molecule has 0 bridgehead atoms. The summed E-state index contributed by atoms with van der Waals surface area (Å²) >= 11 is 3.56. The average Bonchev–Trinajstić information content (AvgIpc) is 2.17. The Morgan fingerprint density at radius 3 is 2.60 bits per heavy atom. The Bertz CT molecular complexity index is 350. The van der Waals surface area contributed by atoms with E-state index in [2.05, 4.69) is 41.1 Å². The maximum Gasteiger partial charge on any atom is 0.0178 e. The van der Waals surface area contributed by atoms with Crippen molar-refractivity contribution in [2.24, 2.45) is 5.73 Å². The smallest absolute Gasteiger partial charge is 0.0178 e. The van der Waals surface area contributed by atoms with Crippen LogP contribution >= 0.6 is 15.9 Å². The molecule has 15 heavy (non-hydrogen) atoms. The summed E-state index contributed by atoms with van der Waals surface area (Å²) in [5.74, 6) is 0. The fourth-order valence-corrected chi connectivity index (χ4v) is 2.90. The number of hydrogen-bond donors (Lipinski definition) is 1. The van der Waals surface area contributed by atoms with Crippen LogP contribution in [-0.2, 0) is 11.8 Å². The van der Waals surface area contributed by atoms with Crippen molar-refractivity contribution in [1.82, 2.24) is 0 Å². The van der Waals surface area contributed by atoms with Crippen molar-refractivity contribution in [3.63, 3.8) is 0 Å². The molecule has 1 saturated carbocycles. The molecule has 1 aliphatic carbocycles. The van der Waals surface area contributed by atoms with E-state index in [1.807, 2.05) is 0 Å². The second kappa shape index (κ2) is 4.26. The summed E-state index contributed by atoms with van der Waals surface area (Å²) in [6.45, 7) is 3.01. The number of benzene rings is 1. The zero-order valence-corrected chi connectivity index (χ0v) is 10.8. The molecule has 2 rings (SSSR count). The van der Waals surface area contributed by atoms with Crippen LogP contribution in [0.4, 0.5) is 0 Å². The van der Waals surface area contributed by atoms with Crippen molar-refractivity contribution in [2.75, 3.05) is 6.54 Å². The number of rotatable bonds is 3. The fraction of sp³-hybridized carbons (Fsp3) is 0.538. The van der Waals surface area contributed by atoms with E-state index < -0.39 is 0 Å². The molecule has 0 radical (unpaired) electrons. The highest BCUT2D eigenvalue weighted by molar-refractivity contribution is 9.10. The van der Waals surface area contributed by atoms with E-state index in [1.165, 1.54) is 34.9 Å². The molecule has 0 amide bonds. The van der Waals surface area contributed by atoms with E-state index in [9.17, 15) is 0 Å². The molecule has 1 fully saturated rings. The third kappa shape index (κ3) is 1.85. The van der Waals surface area contributed by atoms with E-state index >= 15 is 0 Å². The second-order valence-corrected chi connectivity index (χ2v) is 5.41. The summed E-state index contributed by atoms with van der Waals surface area (Å²) < 4.78 is 1.18. The zero-order valence-electron chi connectivity index (χ0n) is 9.22. The Labute approximate surface area is 100 Å². The van der Waals surface area contributed by atoms with Crippen LogP contribution in [0.5, 0.6) is 0 Å². The molecule has 0 aromatic heterocycles. The number of aryl methyl sites for hydroxylation is 1. The van der Waals surface area contributed by atoms with Gasteiger partial charge in [-0.1, -0.05) is 35.3 Å². The molecule has 0 spiro atoms. The third-order valence-corrected chi connectivity index (χ3v) is 4.22. The Morgan fingerprint density at radius 2 is 2.13 bits per heavy atom. The minimum absolute atomic E-state index is 0.287. The first kappa shape index (κ1) is 11.2. The van der Waals surface area contributed by atoms with Gasteiger partial charge < -0.3 is 5.73 Å². The second-order valence-electron chi connectivity index (χ2n) is 4.49. The van der Waals surface area contributed by atoms with Gasteiger partial charge in [-0.25, -0.2) is 0 Å². The highest BCUT2D eigenvalue weighted by Crippen LogP contribution is 2.44. The van der Waals surface area contributed by atoms with Gasteiger partial charge in [-0.3, -0.25) is 0 Å². The summed E-state index contributed by atoms with van der Waals surface area (Å²) in [5, 5.41) is 0. The van der Waals surface area contributed by atoms with Gasteiger partial charge in [0, 0.05) is 16.4 Å².